The van der Waals surface area contributed by atoms with Gasteiger partial charge in [-0.25, -0.2) is 4.79 Å². The van der Waals surface area contributed by atoms with Crippen LogP contribution in [0.1, 0.15) is 34.1 Å². The number of nitrogens with one attached hydrogen (secondary N) is 2. The maximum absolute atomic E-state index is 11.6. The fourth-order valence-electron chi connectivity index (χ4n) is 2.41. The summed E-state index contributed by atoms with van der Waals surface area (Å²) in [4.78, 5) is 16.5. The highest BCUT2D eigenvalue weighted by molar-refractivity contribution is 5.67. The Balaban J connectivity index is 2.04. The van der Waals surface area contributed by atoms with Crippen LogP contribution in [-0.4, -0.2) is 80.4 Å². The van der Waals surface area contributed by atoms with Crippen LogP contribution in [0.3, 0.4) is 0 Å². The van der Waals surface area contributed by atoms with Gasteiger partial charge in [0.1, 0.15) is 5.60 Å². The predicted molar refractivity (Wildman–Crippen MR) is 90.3 cm³/mol. The molecular formula is C16H34N4O2. The smallest absolute Gasteiger partial charge is 0.407 e. The summed E-state index contributed by atoms with van der Waals surface area (Å²) >= 11 is 0. The topological polar surface area (TPSA) is 56.8 Å². The summed E-state index contributed by atoms with van der Waals surface area (Å²) in [5.41, 5.74) is -0.429. The van der Waals surface area contributed by atoms with Gasteiger partial charge >= 0.3 is 6.09 Å². The molecule has 1 saturated heterocycles. The van der Waals surface area contributed by atoms with Crippen molar-refractivity contribution in [3.05, 3.63) is 0 Å². The van der Waals surface area contributed by atoms with Crippen molar-refractivity contribution in [3.63, 3.8) is 0 Å². The van der Waals surface area contributed by atoms with Gasteiger partial charge in [-0.2, -0.15) is 0 Å². The molecule has 0 aromatic heterocycles. The molecule has 1 heterocycles. The summed E-state index contributed by atoms with van der Waals surface area (Å²) < 4.78 is 5.22. The Hall–Kier alpha value is -0.850. The molecule has 0 saturated carbocycles. The Morgan fingerprint density at radius 2 is 1.55 bits per heavy atom. The zero-order valence-corrected chi connectivity index (χ0v) is 14.8. The molecule has 6 heteroatoms. The Kier molecular flexibility index (Phi) is 8.75. The van der Waals surface area contributed by atoms with Gasteiger partial charge in [0, 0.05) is 52.4 Å². The van der Waals surface area contributed by atoms with Crippen molar-refractivity contribution in [1.82, 2.24) is 20.4 Å². The van der Waals surface area contributed by atoms with E-state index in [1.54, 1.807) is 0 Å². The average molecular weight is 314 g/mol. The molecule has 0 atom stereocenters. The lowest BCUT2D eigenvalue weighted by atomic mass is 10.2. The summed E-state index contributed by atoms with van der Waals surface area (Å²) in [5, 5.41) is 6.26. The van der Waals surface area contributed by atoms with E-state index in [4.69, 9.17) is 4.74 Å². The van der Waals surface area contributed by atoms with Crippen molar-refractivity contribution < 1.29 is 9.53 Å². The Labute approximate surface area is 135 Å². The van der Waals surface area contributed by atoms with Crippen LogP contribution in [0.5, 0.6) is 0 Å². The van der Waals surface area contributed by atoms with Crippen LogP contribution in [0.15, 0.2) is 0 Å². The van der Waals surface area contributed by atoms with Gasteiger partial charge in [0.15, 0.2) is 0 Å². The first-order valence-corrected chi connectivity index (χ1v) is 8.53. The summed E-state index contributed by atoms with van der Waals surface area (Å²) in [7, 11) is 0. The van der Waals surface area contributed by atoms with Crippen LogP contribution in [-0.2, 0) is 4.74 Å². The molecule has 22 heavy (non-hydrogen) atoms. The highest BCUT2D eigenvalue weighted by Gasteiger charge is 2.18. The van der Waals surface area contributed by atoms with E-state index in [-0.39, 0.29) is 6.09 Å². The molecule has 0 aromatic rings. The zero-order valence-electron chi connectivity index (χ0n) is 14.8. The number of hydrogen-bond acceptors (Lipinski definition) is 5. The number of carbonyl (C=O) groups is 1. The molecule has 0 aliphatic carbocycles. The van der Waals surface area contributed by atoms with E-state index in [0.717, 1.165) is 52.4 Å². The Morgan fingerprint density at radius 3 is 2.05 bits per heavy atom. The first-order valence-electron chi connectivity index (χ1n) is 8.53. The lowest BCUT2D eigenvalue weighted by Crippen LogP contribution is -2.49. The van der Waals surface area contributed by atoms with Crippen LogP contribution < -0.4 is 10.6 Å². The van der Waals surface area contributed by atoms with Gasteiger partial charge in [0.2, 0.25) is 0 Å². The molecule has 0 spiro atoms. The van der Waals surface area contributed by atoms with Gasteiger partial charge in [0.25, 0.3) is 0 Å². The Bertz CT molecular complexity index is 310. The van der Waals surface area contributed by atoms with Gasteiger partial charge in [-0.1, -0.05) is 6.92 Å². The van der Waals surface area contributed by atoms with Gasteiger partial charge in [0.05, 0.1) is 0 Å². The van der Waals surface area contributed by atoms with Crippen molar-refractivity contribution in [2.45, 2.75) is 39.7 Å². The molecule has 0 bridgehead atoms. The molecule has 1 fully saturated rings. The van der Waals surface area contributed by atoms with E-state index in [2.05, 4.69) is 27.4 Å². The Morgan fingerprint density at radius 1 is 1.00 bits per heavy atom. The fourth-order valence-corrected chi connectivity index (χ4v) is 2.41. The normalized spacial score (nSPS) is 17.5. The minimum atomic E-state index is -0.429. The summed E-state index contributed by atoms with van der Waals surface area (Å²) in [6.07, 6.45) is 0.867. The van der Waals surface area contributed by atoms with Crippen LogP contribution in [0.2, 0.25) is 0 Å². The largest absolute Gasteiger partial charge is 0.444 e. The van der Waals surface area contributed by atoms with Crippen LogP contribution >= 0.6 is 0 Å². The SMILES string of the molecule is CCCNCCN1CCN(CCNC(=O)OC(C)(C)C)CC1. The molecule has 1 aliphatic rings. The molecule has 1 aliphatic heterocycles. The van der Waals surface area contributed by atoms with E-state index >= 15 is 0 Å². The van der Waals surface area contributed by atoms with Crippen molar-refractivity contribution in [2.24, 2.45) is 0 Å². The van der Waals surface area contributed by atoms with Gasteiger partial charge in [-0.3, -0.25) is 9.80 Å². The molecule has 2 N–H and O–H groups in total. The van der Waals surface area contributed by atoms with Gasteiger partial charge in [-0.15, -0.1) is 0 Å². The molecule has 0 aromatic carbocycles. The standard InChI is InChI=1S/C16H34N4O2/c1-5-6-17-7-9-19-11-13-20(14-12-19)10-8-18-15(21)22-16(2,3)4/h17H,5-14H2,1-4H3,(H,18,21). The third-order valence-corrected chi connectivity index (χ3v) is 3.59. The zero-order chi connectivity index (χ0) is 16.4. The summed E-state index contributed by atoms with van der Waals surface area (Å²) in [5.74, 6) is 0. The molecule has 0 radical (unpaired) electrons. The minimum Gasteiger partial charge on any atom is -0.444 e. The molecule has 130 valence electrons. The maximum Gasteiger partial charge on any atom is 0.407 e. The van der Waals surface area contributed by atoms with Crippen LogP contribution in [0.4, 0.5) is 4.79 Å². The van der Waals surface area contributed by atoms with Crippen LogP contribution in [0, 0.1) is 0 Å². The fraction of sp³-hybridized carbons (Fsp3) is 0.938. The number of nitrogens with zero attached hydrogens (tertiary/aromatic N) is 2. The highest BCUT2D eigenvalue weighted by atomic mass is 16.6. The number of piperazine rings is 1. The molecule has 6 nitrogen and oxygen atoms in total. The van der Waals surface area contributed by atoms with E-state index in [1.165, 1.54) is 6.42 Å². The first-order chi connectivity index (χ1) is 10.4. The average Bonchev–Trinajstić information content (AvgIpc) is 2.43. The number of alkyl carbamates (subject to hydrolysis) is 1. The molecule has 0 unspecified atom stereocenters. The quantitative estimate of drug-likeness (QED) is 0.658. The summed E-state index contributed by atoms with van der Waals surface area (Å²) in [6, 6.07) is 0. The highest BCUT2D eigenvalue weighted by Crippen LogP contribution is 2.06. The minimum absolute atomic E-state index is 0.326. The van der Waals surface area contributed by atoms with E-state index < -0.39 is 5.60 Å². The van der Waals surface area contributed by atoms with Gasteiger partial charge < -0.3 is 15.4 Å². The summed E-state index contributed by atoms with van der Waals surface area (Å²) in [6.45, 7) is 17.0. The van der Waals surface area contributed by atoms with Gasteiger partial charge in [-0.05, 0) is 33.7 Å². The van der Waals surface area contributed by atoms with Crippen LogP contribution in [0.25, 0.3) is 0 Å². The monoisotopic (exact) mass is 314 g/mol. The maximum atomic E-state index is 11.6. The van der Waals surface area contributed by atoms with Crippen molar-refractivity contribution in [2.75, 3.05) is 58.9 Å². The van der Waals surface area contributed by atoms with Crippen molar-refractivity contribution in [1.29, 1.82) is 0 Å². The van der Waals surface area contributed by atoms with Crippen molar-refractivity contribution in [3.8, 4) is 0 Å². The lowest BCUT2D eigenvalue weighted by Gasteiger charge is -2.34. The van der Waals surface area contributed by atoms with E-state index in [0.29, 0.717) is 6.54 Å². The number of rotatable bonds is 8. The predicted octanol–water partition coefficient (Wildman–Crippen LogP) is 1.13. The molecular weight excluding hydrogens is 280 g/mol. The van der Waals surface area contributed by atoms with Crippen molar-refractivity contribution >= 4 is 6.09 Å². The first kappa shape index (κ1) is 19.2. The third-order valence-electron chi connectivity index (χ3n) is 3.59. The molecule has 1 rings (SSSR count). The third kappa shape index (κ3) is 9.23. The number of carbonyl (C=O) groups excluding carboxylic acids is 1. The lowest BCUT2D eigenvalue weighted by molar-refractivity contribution is 0.0516. The number of hydrogen-bond donors (Lipinski definition) is 2. The number of amides is 1. The second-order valence-electron chi connectivity index (χ2n) is 6.86. The van der Waals surface area contributed by atoms with E-state index in [1.807, 2.05) is 20.8 Å². The number of ether oxygens (including phenoxy) is 1. The second-order valence-corrected chi connectivity index (χ2v) is 6.86. The van der Waals surface area contributed by atoms with E-state index in [9.17, 15) is 4.79 Å². The molecule has 1 amide bonds. The second kappa shape index (κ2) is 10.0.